The zero-order chi connectivity index (χ0) is 35.4. The lowest BCUT2D eigenvalue weighted by Crippen LogP contribution is -2.43. The molecule has 2 heteroatoms. The van der Waals surface area contributed by atoms with Gasteiger partial charge < -0.3 is 0 Å². The number of benzene rings is 2. The maximum atomic E-state index is 3.82. The van der Waals surface area contributed by atoms with Gasteiger partial charge in [0.05, 0.1) is 12.5 Å². The largest absolute Gasteiger partial charge is 0.258 e. The van der Waals surface area contributed by atoms with Crippen molar-refractivity contribution in [3.63, 3.8) is 0 Å². The number of rotatable bonds is 32. The molecule has 280 valence electrons. The van der Waals surface area contributed by atoms with E-state index in [-0.39, 0.29) is 5.41 Å². The monoisotopic (exact) mass is 684 g/mol. The van der Waals surface area contributed by atoms with E-state index >= 15 is 0 Å². The molecule has 0 radical (unpaired) electrons. The summed E-state index contributed by atoms with van der Waals surface area (Å²) in [4.78, 5) is 3.82. The van der Waals surface area contributed by atoms with Crippen LogP contribution in [0.3, 0.4) is 0 Å². The van der Waals surface area contributed by atoms with E-state index in [9.17, 15) is 0 Å². The van der Waals surface area contributed by atoms with E-state index < -0.39 is 0 Å². The van der Waals surface area contributed by atoms with Crippen molar-refractivity contribution < 1.29 is 4.57 Å². The van der Waals surface area contributed by atoms with Crippen LogP contribution in [0.25, 0.3) is 0 Å². The Labute approximate surface area is 310 Å². The van der Waals surface area contributed by atoms with Gasteiger partial charge in [0.1, 0.15) is 12.4 Å². The zero-order valence-electron chi connectivity index (χ0n) is 33.3. The van der Waals surface area contributed by atoms with Gasteiger partial charge in [-0.25, -0.2) is 9.55 Å². The number of imidazole rings is 1. The third kappa shape index (κ3) is 16.8. The zero-order valence-corrected chi connectivity index (χ0v) is 33.3. The molecule has 3 rings (SSSR count). The van der Waals surface area contributed by atoms with Crippen LogP contribution in [0, 0.1) is 0 Å². The second-order valence-corrected chi connectivity index (χ2v) is 16.0. The first kappa shape index (κ1) is 42.1. The highest BCUT2D eigenvalue weighted by molar-refractivity contribution is 5.32. The fourth-order valence-corrected chi connectivity index (χ4v) is 8.38. The van der Waals surface area contributed by atoms with Gasteiger partial charge in [0.15, 0.2) is 0 Å². The van der Waals surface area contributed by atoms with Crippen LogP contribution in [-0.2, 0) is 18.4 Å². The summed E-state index contributed by atoms with van der Waals surface area (Å²) in [6.07, 6.45) is 41.9. The SMILES string of the molecule is CCCCCCCCCCCCCCCC(c1[nH]cc[n+]1CCCCCCCCCCCCCC)C(C)(Cc1ccccc1)c1ccccc1. The highest BCUT2D eigenvalue weighted by atomic mass is 15.1. The number of hydrogen-bond donors (Lipinski definition) is 1. The summed E-state index contributed by atoms with van der Waals surface area (Å²) in [5.41, 5.74) is 2.91. The number of H-pyrrole nitrogens is 1. The molecule has 2 atom stereocenters. The Morgan fingerprint density at radius 3 is 1.42 bits per heavy atom. The van der Waals surface area contributed by atoms with Crippen molar-refractivity contribution in [2.24, 2.45) is 0 Å². The lowest BCUT2D eigenvalue weighted by Gasteiger charge is -2.37. The first-order valence-electron chi connectivity index (χ1n) is 21.8. The summed E-state index contributed by atoms with van der Waals surface area (Å²) in [6, 6.07) is 22.7. The summed E-state index contributed by atoms with van der Waals surface area (Å²) in [7, 11) is 0. The Bertz CT molecular complexity index is 1170. The quantitative estimate of drug-likeness (QED) is 0.0499. The minimum absolute atomic E-state index is 0.00286. The molecule has 0 aliphatic rings. The van der Waals surface area contributed by atoms with E-state index in [0.29, 0.717) is 5.92 Å². The summed E-state index contributed by atoms with van der Waals surface area (Å²) in [5, 5.41) is 0. The number of aromatic nitrogens is 2. The van der Waals surface area contributed by atoms with Crippen LogP contribution in [0.15, 0.2) is 73.1 Å². The fourth-order valence-electron chi connectivity index (χ4n) is 8.38. The molecular formula is C48H79N2+. The minimum atomic E-state index is 0.00286. The van der Waals surface area contributed by atoms with Gasteiger partial charge in [-0.05, 0) is 36.8 Å². The maximum absolute atomic E-state index is 3.82. The van der Waals surface area contributed by atoms with Gasteiger partial charge in [0, 0.05) is 5.41 Å². The van der Waals surface area contributed by atoms with Gasteiger partial charge >= 0.3 is 0 Å². The number of nitrogens with zero attached hydrogens (tertiary/aromatic N) is 1. The molecule has 0 saturated heterocycles. The average molecular weight is 684 g/mol. The maximum Gasteiger partial charge on any atom is 0.258 e. The van der Waals surface area contributed by atoms with Gasteiger partial charge in [0.25, 0.3) is 5.82 Å². The Morgan fingerprint density at radius 1 is 0.520 bits per heavy atom. The molecule has 50 heavy (non-hydrogen) atoms. The van der Waals surface area contributed by atoms with Crippen LogP contribution in [0.1, 0.15) is 211 Å². The molecule has 0 fully saturated rings. The molecule has 0 amide bonds. The first-order valence-corrected chi connectivity index (χ1v) is 21.8. The van der Waals surface area contributed by atoms with Gasteiger partial charge in [-0.3, -0.25) is 0 Å². The van der Waals surface area contributed by atoms with E-state index in [1.165, 1.54) is 184 Å². The number of unbranched alkanes of at least 4 members (excludes halogenated alkanes) is 23. The van der Waals surface area contributed by atoms with Crippen molar-refractivity contribution in [1.82, 2.24) is 4.98 Å². The Hall–Kier alpha value is -2.35. The van der Waals surface area contributed by atoms with Crippen molar-refractivity contribution in [3.8, 4) is 0 Å². The molecule has 2 unspecified atom stereocenters. The first-order chi connectivity index (χ1) is 24.7. The van der Waals surface area contributed by atoms with E-state index in [2.05, 4.69) is 103 Å². The molecule has 0 aliphatic heterocycles. The van der Waals surface area contributed by atoms with Crippen molar-refractivity contribution in [3.05, 3.63) is 90.0 Å². The summed E-state index contributed by atoms with van der Waals surface area (Å²) in [6.45, 7) is 8.30. The topological polar surface area (TPSA) is 19.7 Å². The molecular weight excluding hydrogens is 605 g/mol. The number of aryl methyl sites for hydroxylation is 1. The van der Waals surface area contributed by atoms with Crippen molar-refractivity contribution >= 4 is 0 Å². The molecule has 2 nitrogen and oxygen atoms in total. The van der Waals surface area contributed by atoms with Crippen molar-refractivity contribution in [2.75, 3.05) is 0 Å². The van der Waals surface area contributed by atoms with E-state index in [1.54, 1.807) is 0 Å². The lowest BCUT2D eigenvalue weighted by molar-refractivity contribution is -0.705. The third-order valence-corrected chi connectivity index (χ3v) is 11.6. The van der Waals surface area contributed by atoms with Crippen LogP contribution in [0.2, 0.25) is 0 Å². The molecule has 2 aromatic carbocycles. The van der Waals surface area contributed by atoms with Gasteiger partial charge in [-0.1, -0.05) is 229 Å². The van der Waals surface area contributed by atoms with Crippen LogP contribution in [0.5, 0.6) is 0 Å². The Balaban J connectivity index is 1.56. The Kier molecular flexibility index (Phi) is 23.0. The molecule has 3 aromatic rings. The molecule has 1 aromatic heterocycles. The van der Waals surface area contributed by atoms with Gasteiger partial charge in [0.2, 0.25) is 0 Å². The lowest BCUT2D eigenvalue weighted by atomic mass is 9.66. The van der Waals surface area contributed by atoms with Crippen LogP contribution in [0.4, 0.5) is 0 Å². The average Bonchev–Trinajstić information content (AvgIpc) is 3.60. The minimum Gasteiger partial charge on any atom is -0.247 e. The van der Waals surface area contributed by atoms with Crippen molar-refractivity contribution in [2.45, 2.75) is 212 Å². The number of aromatic amines is 1. The Morgan fingerprint density at radius 2 is 0.940 bits per heavy atom. The highest BCUT2D eigenvalue weighted by Crippen LogP contribution is 2.43. The summed E-state index contributed by atoms with van der Waals surface area (Å²) in [5.74, 6) is 1.87. The standard InChI is InChI=1S/C48H78N2/c1-4-6-8-10-12-14-16-18-19-21-23-25-33-39-46(48(3,45-37-31-28-32-38-45)43-44-35-29-27-30-36-44)47-49-40-42-50(47)41-34-26-24-22-20-17-15-13-11-9-7-5-2/h27-32,35-38,40,42,46H,4-26,33-34,39,41,43H2,1-3H3/p+1. The van der Waals surface area contributed by atoms with E-state index in [0.717, 1.165) is 13.0 Å². The molecule has 0 saturated carbocycles. The van der Waals surface area contributed by atoms with Crippen LogP contribution in [-0.4, -0.2) is 4.98 Å². The summed E-state index contributed by atoms with van der Waals surface area (Å²) >= 11 is 0. The van der Waals surface area contributed by atoms with E-state index in [1.807, 2.05) is 0 Å². The number of hydrogen-bond acceptors (Lipinski definition) is 0. The van der Waals surface area contributed by atoms with Crippen LogP contribution >= 0.6 is 0 Å². The van der Waals surface area contributed by atoms with E-state index in [4.69, 9.17) is 0 Å². The second-order valence-electron chi connectivity index (χ2n) is 16.0. The predicted octanol–water partition coefficient (Wildman–Crippen LogP) is 14.8. The van der Waals surface area contributed by atoms with Gasteiger partial charge in [-0.2, -0.15) is 0 Å². The smallest absolute Gasteiger partial charge is 0.247 e. The molecule has 0 aliphatic carbocycles. The molecule has 0 bridgehead atoms. The molecule has 1 N–H and O–H groups in total. The molecule has 1 heterocycles. The van der Waals surface area contributed by atoms with Crippen molar-refractivity contribution in [1.29, 1.82) is 0 Å². The fraction of sp³-hybridized carbons (Fsp3) is 0.688. The van der Waals surface area contributed by atoms with Gasteiger partial charge in [-0.15, -0.1) is 0 Å². The van der Waals surface area contributed by atoms with Crippen LogP contribution < -0.4 is 4.57 Å². The summed E-state index contributed by atoms with van der Waals surface area (Å²) < 4.78 is 2.59. The number of nitrogens with one attached hydrogen (secondary N) is 1. The normalized spacial score (nSPS) is 13.4. The third-order valence-electron chi connectivity index (χ3n) is 11.6. The molecule has 0 spiro atoms. The second kappa shape index (κ2) is 27.3. The predicted molar refractivity (Wildman–Crippen MR) is 219 cm³/mol. The highest BCUT2D eigenvalue weighted by Gasteiger charge is 2.41.